The lowest BCUT2D eigenvalue weighted by Crippen LogP contribution is -2.56. The smallest absolute Gasteiger partial charge is 0.326 e. The molecule has 0 bridgehead atoms. The number of likely N-dealkylation sites (tertiary alicyclic amines) is 3. The molecule has 1 unspecified atom stereocenters. The fraction of sp³-hybridized carbons (Fsp3) is 0.371. The van der Waals surface area contributed by atoms with E-state index in [4.69, 9.17) is 18.9 Å². The lowest BCUT2D eigenvalue weighted by Gasteiger charge is -2.45. The van der Waals surface area contributed by atoms with Crippen molar-refractivity contribution >= 4 is 117 Å². The molecule has 0 aliphatic carbocycles. The summed E-state index contributed by atoms with van der Waals surface area (Å²) in [5.74, 6) is 3.29. The highest BCUT2D eigenvalue weighted by atomic mass is 16.5. The number of carbonyl (C=O) groups excluding carboxylic acids is 8. The van der Waals surface area contributed by atoms with Crippen LogP contribution in [0.1, 0.15) is 111 Å². The van der Waals surface area contributed by atoms with Crippen molar-refractivity contribution in [1.29, 1.82) is 0 Å². The van der Waals surface area contributed by atoms with Crippen LogP contribution in [0.5, 0.6) is 23.0 Å². The Hall–Kier alpha value is -16.9. The fourth-order valence-electron chi connectivity index (χ4n) is 15.1. The molecule has 0 saturated carbocycles. The van der Waals surface area contributed by atoms with Crippen LogP contribution in [0.15, 0.2) is 122 Å². The predicted molar refractivity (Wildman–Crippen MR) is 509 cm³/mol. The lowest BCUT2D eigenvalue weighted by molar-refractivity contribution is 0.0687. The molecule has 12 aromatic rings. The van der Waals surface area contributed by atoms with Gasteiger partial charge in [-0.2, -0.15) is 20.4 Å². The largest absolute Gasteiger partial charge is 0.494 e. The number of carbonyl (C=O) groups is 8. The molecule has 12 heterocycles. The number of ether oxygens (including phenoxy) is 4. The van der Waals surface area contributed by atoms with E-state index in [1.807, 2.05) is 89.2 Å². The van der Waals surface area contributed by atoms with Gasteiger partial charge in [0.1, 0.15) is 25.3 Å². The molecule has 0 radical (unpaired) electrons. The summed E-state index contributed by atoms with van der Waals surface area (Å²) in [7, 11) is 15.8. The lowest BCUT2D eigenvalue weighted by atomic mass is 9.85. The van der Waals surface area contributed by atoms with E-state index in [1.54, 1.807) is 139 Å². The van der Waals surface area contributed by atoms with E-state index >= 15 is 0 Å². The van der Waals surface area contributed by atoms with E-state index in [2.05, 4.69) is 167 Å². The van der Waals surface area contributed by atoms with Crippen LogP contribution in [-0.2, 0) is 27.2 Å². The van der Waals surface area contributed by atoms with Gasteiger partial charge in [0.15, 0.2) is 92.3 Å². The summed E-state index contributed by atoms with van der Waals surface area (Å²) in [4.78, 5) is 126. The number of amides is 12. The van der Waals surface area contributed by atoms with Crippen molar-refractivity contribution in [2.24, 2.45) is 24.9 Å². The fourth-order valence-corrected chi connectivity index (χ4v) is 15.1. The number of rotatable bonds is 27. The Bertz CT molecular complexity index is 6430. The second kappa shape index (κ2) is 42.8. The summed E-state index contributed by atoms with van der Waals surface area (Å²) in [6, 6.07) is 27.5. The monoisotopic (exact) mass is 1870 g/mol. The number of nitrogens with zero attached hydrogens (tertiary/aromatic N) is 25. The first-order valence-electron chi connectivity index (χ1n) is 43.7. The number of aromatic nitrogens is 20. The minimum atomic E-state index is -0.432. The van der Waals surface area contributed by atoms with Crippen molar-refractivity contribution in [3.63, 3.8) is 0 Å². The van der Waals surface area contributed by atoms with Crippen LogP contribution in [0, 0.1) is 10.8 Å². The van der Waals surface area contributed by atoms with E-state index in [1.165, 1.54) is 42.4 Å². The molecule has 48 heteroatoms. The maximum atomic E-state index is 12.9. The summed E-state index contributed by atoms with van der Waals surface area (Å²) in [5.41, 5.74) is 6.90. The quantitative estimate of drug-likeness (QED) is 0.0228. The maximum absolute atomic E-state index is 12.9. The molecule has 16 rings (SSSR count). The Morgan fingerprint density at radius 2 is 0.737 bits per heavy atom. The van der Waals surface area contributed by atoms with E-state index in [0.717, 1.165) is 6.42 Å². The van der Waals surface area contributed by atoms with Gasteiger partial charge in [-0.25, -0.2) is 39.1 Å². The van der Waals surface area contributed by atoms with Gasteiger partial charge in [0, 0.05) is 148 Å². The molecular weight excluding hydrogens is 1770 g/mol. The van der Waals surface area contributed by atoms with Crippen LogP contribution in [0.3, 0.4) is 0 Å². The number of para-hydroxylation sites is 4. The van der Waals surface area contributed by atoms with Gasteiger partial charge in [-0.3, -0.25) is 58.8 Å². The highest BCUT2D eigenvalue weighted by Gasteiger charge is 2.40. The van der Waals surface area contributed by atoms with Gasteiger partial charge in [-0.05, 0) is 89.6 Å². The third-order valence-corrected chi connectivity index (χ3v) is 22.0. The van der Waals surface area contributed by atoms with Crippen LogP contribution in [0.25, 0.3) is 45.6 Å². The van der Waals surface area contributed by atoms with Gasteiger partial charge in [0.25, 0.3) is 23.6 Å². The summed E-state index contributed by atoms with van der Waals surface area (Å²) in [5, 5.41) is 81.4. The van der Waals surface area contributed by atoms with Gasteiger partial charge in [0.05, 0.1) is 96.2 Å². The summed E-state index contributed by atoms with van der Waals surface area (Å²) in [6.45, 7) is 24.0. The second-order valence-corrected chi connectivity index (χ2v) is 33.5. The van der Waals surface area contributed by atoms with Crippen molar-refractivity contribution < 1.29 is 57.3 Å². The molecule has 4 aliphatic heterocycles. The van der Waals surface area contributed by atoms with Gasteiger partial charge in [0.2, 0.25) is 0 Å². The summed E-state index contributed by atoms with van der Waals surface area (Å²) in [6.07, 6.45) is 7.46. The van der Waals surface area contributed by atoms with Gasteiger partial charge in [-0.1, -0.05) is 52.0 Å². The first kappa shape index (κ1) is 97.6. The Labute approximate surface area is 788 Å². The number of aryl methyl sites for hydroxylation is 4. The molecular formula is C89H110N36O12. The third-order valence-electron chi connectivity index (χ3n) is 22.0. The summed E-state index contributed by atoms with van der Waals surface area (Å²) < 4.78 is 29.3. The van der Waals surface area contributed by atoms with Crippen LogP contribution >= 0.6 is 0 Å². The molecule has 4 aliphatic rings. The van der Waals surface area contributed by atoms with Gasteiger partial charge in [-0.15, -0.1) is 40.8 Å². The predicted octanol–water partition coefficient (Wildman–Crippen LogP) is 9.53. The zero-order valence-electron chi connectivity index (χ0n) is 79.4. The molecule has 4 fully saturated rings. The van der Waals surface area contributed by atoms with E-state index in [9.17, 15) is 38.4 Å². The van der Waals surface area contributed by atoms with Gasteiger partial charge >= 0.3 is 24.1 Å². The number of nitrogens with one attached hydrogen (secondary N) is 11. The number of methoxy groups -OCH3 is 4. The van der Waals surface area contributed by atoms with E-state index in [0.29, 0.717) is 179 Å². The Morgan fingerprint density at radius 3 is 1.01 bits per heavy atom. The zero-order chi connectivity index (χ0) is 98.3. The molecule has 718 valence electrons. The van der Waals surface area contributed by atoms with E-state index < -0.39 is 23.6 Å². The molecule has 11 N–H and O–H groups in total. The highest BCUT2D eigenvalue weighted by Crippen LogP contribution is 2.43. The third kappa shape index (κ3) is 22.6. The average Bonchev–Trinajstić information content (AvgIpc) is 1.73. The molecule has 4 aromatic carbocycles. The molecule has 137 heavy (non-hydrogen) atoms. The van der Waals surface area contributed by atoms with Crippen molar-refractivity contribution in [2.75, 3.05) is 145 Å². The molecule has 8 aromatic heterocycles. The summed E-state index contributed by atoms with van der Waals surface area (Å²) >= 11 is 0. The number of urea groups is 4. The Kier molecular flexibility index (Phi) is 30.5. The van der Waals surface area contributed by atoms with Crippen molar-refractivity contribution in [1.82, 2.24) is 141 Å². The minimum Gasteiger partial charge on any atom is -0.494 e. The number of anilines is 12. The normalized spacial score (nSPS) is 14.2. The highest BCUT2D eigenvalue weighted by molar-refractivity contribution is 6.04. The van der Waals surface area contributed by atoms with Crippen LogP contribution in [0.2, 0.25) is 0 Å². The molecule has 48 nitrogen and oxygen atoms in total. The zero-order valence-corrected chi connectivity index (χ0v) is 79.4. The van der Waals surface area contributed by atoms with E-state index in [-0.39, 0.29) is 87.3 Å². The van der Waals surface area contributed by atoms with Crippen LogP contribution in [0.4, 0.5) is 87.9 Å². The van der Waals surface area contributed by atoms with Crippen LogP contribution < -0.4 is 82.3 Å². The Morgan fingerprint density at radius 1 is 0.416 bits per heavy atom. The number of hydrogen-bond acceptors (Lipinski definition) is 32. The standard InChI is InChI=1S/2C23H29N9O3.C22H27N9O3.C21H25N9O3/c1-6-32-13-25-20(30-32)14-8-7-9-15(19(14)35-5)26-16-10-17(28-29-18(16)21(33)24-4)27-22(34)31-11-23(2,3)12-31;1-6-30-13-25-21(29-30)15-8-7-9-16(20(15)35-5)26-17-12-18(27-28-19(17)22(33)24-4)32-11-10-31(14(2)3)23(32)34;1-22(2)10-31(11-22)21(33)26-16-9-15(17(28-27-16)20(32)23-3)25-14-8-6-7-13(18(14)34-5)19-24-12-30(4)29-19;1-12-8-9-30(12)21(32)25-16-10-15(17(27-26-16)20(31)22-2)24-14-7-5-6-13(18(14)33-4)19-23-11-29(3)28-19/h7-10,13H,6,11-12H2,1-5H3,(H,24,33)(H2,26,27,28,34);7-9,12-14H,6,10-11H2,1-5H3,(H,24,33)(H,26,27);6-9,12H,10-11H2,1-5H3,(H,23,32)(H2,25,26,27,33);5-7,10-12H,8-9H2,1-4H3,(H,22,31)(H2,24,25,26,32). The first-order chi connectivity index (χ1) is 65.7. The molecule has 4 saturated heterocycles. The van der Waals surface area contributed by atoms with Crippen molar-refractivity contribution in [3.05, 3.63) is 145 Å². The second-order valence-electron chi connectivity index (χ2n) is 33.5. The molecule has 12 amide bonds. The Balaban J connectivity index is 0.000000154. The molecule has 0 spiro atoms. The maximum Gasteiger partial charge on any atom is 0.326 e. The topological polar surface area (TPSA) is 548 Å². The van der Waals surface area contributed by atoms with Crippen LogP contribution in [-0.4, -0.2) is 282 Å². The average molecular weight is 1880 g/mol. The number of hydrogen-bond donors (Lipinski definition) is 11. The van der Waals surface area contributed by atoms with Crippen molar-refractivity contribution in [2.45, 2.75) is 93.9 Å². The number of benzene rings is 4. The van der Waals surface area contributed by atoms with Crippen molar-refractivity contribution in [3.8, 4) is 68.5 Å². The van der Waals surface area contributed by atoms with Gasteiger partial charge < -0.3 is 81.1 Å². The molecule has 1 atom stereocenters. The minimum absolute atomic E-state index is 0.0639. The SMILES string of the molecule is CCn1cnc(-c2cccc(Nc3cc(N4CCN(C(C)C)C4=O)nnc3C(=O)NC)c2OC)n1.CCn1cnc(-c2cccc(Nc3cc(NC(=O)N4CC(C)(C)C4)nnc3C(=O)NC)c2OC)n1.CNC(=O)c1nnc(NC(=O)N2CC(C)(C)C2)cc1Nc1cccc(-c2ncn(C)n2)c1OC.CNC(=O)c1nnc(NC(=O)N2CCC2C)cc1Nc1cccc(-c2ncn(C)n2)c1OC. The first-order valence-corrected chi connectivity index (χ1v) is 43.7.